The van der Waals surface area contributed by atoms with Gasteiger partial charge in [0, 0.05) is 18.2 Å². The molecule has 0 aliphatic heterocycles. The molecule has 0 unspecified atom stereocenters. The van der Waals surface area contributed by atoms with Crippen molar-refractivity contribution in [2.24, 2.45) is 0 Å². The third-order valence-electron chi connectivity index (χ3n) is 4.21. The van der Waals surface area contributed by atoms with Gasteiger partial charge in [0.1, 0.15) is 11.4 Å². The molecule has 0 atom stereocenters. The quantitative estimate of drug-likeness (QED) is 0.550. The highest BCUT2D eigenvalue weighted by Crippen LogP contribution is 2.33. The lowest BCUT2D eigenvalue weighted by molar-refractivity contribution is 0.416. The molecule has 0 spiro atoms. The number of aromatic nitrogens is 2. The maximum Gasteiger partial charge on any atom is 0.137 e. The average molecular weight is 314 g/mol. The van der Waals surface area contributed by atoms with Gasteiger partial charge >= 0.3 is 0 Å². The SMILES string of the molecule is COc1ccccc1-c1nc2ccccn2c1Cc1ccccc1. The van der Waals surface area contributed by atoms with Gasteiger partial charge in [-0.3, -0.25) is 0 Å². The number of ether oxygens (including phenoxy) is 1. The zero-order valence-electron chi connectivity index (χ0n) is 13.5. The number of nitrogens with zero attached hydrogens (tertiary/aromatic N) is 2. The molecule has 3 nitrogen and oxygen atoms in total. The molecule has 0 amide bonds. The van der Waals surface area contributed by atoms with Crippen molar-refractivity contribution in [3.63, 3.8) is 0 Å². The van der Waals surface area contributed by atoms with Crippen molar-refractivity contribution >= 4 is 5.65 Å². The van der Waals surface area contributed by atoms with Gasteiger partial charge in [-0.15, -0.1) is 0 Å². The zero-order chi connectivity index (χ0) is 16.4. The van der Waals surface area contributed by atoms with Crippen LogP contribution in [0.15, 0.2) is 79.0 Å². The van der Waals surface area contributed by atoms with Crippen molar-refractivity contribution in [2.75, 3.05) is 7.11 Å². The maximum absolute atomic E-state index is 5.55. The molecule has 24 heavy (non-hydrogen) atoms. The first-order chi connectivity index (χ1) is 11.9. The molecule has 0 aliphatic rings. The minimum atomic E-state index is 0.819. The summed E-state index contributed by atoms with van der Waals surface area (Å²) in [5.41, 5.74) is 5.38. The van der Waals surface area contributed by atoms with Crippen molar-refractivity contribution in [2.45, 2.75) is 6.42 Å². The van der Waals surface area contributed by atoms with Crippen LogP contribution in [0.5, 0.6) is 5.75 Å². The van der Waals surface area contributed by atoms with Crippen molar-refractivity contribution in [3.8, 4) is 17.0 Å². The molecule has 0 fully saturated rings. The Morgan fingerprint density at radius 2 is 1.62 bits per heavy atom. The summed E-state index contributed by atoms with van der Waals surface area (Å²) in [6.45, 7) is 0. The standard InChI is InChI=1S/C21H18N2O/c1-24-19-12-6-5-11-17(19)21-18(15-16-9-3-2-4-10-16)23-14-8-7-13-20(23)22-21/h2-14H,15H2,1H3. The number of hydrogen-bond acceptors (Lipinski definition) is 2. The van der Waals surface area contributed by atoms with E-state index in [0.717, 1.165) is 29.1 Å². The van der Waals surface area contributed by atoms with Crippen LogP contribution in [0, 0.1) is 0 Å². The summed E-state index contributed by atoms with van der Waals surface area (Å²) in [4.78, 5) is 4.87. The molecule has 0 saturated carbocycles. The predicted molar refractivity (Wildman–Crippen MR) is 96.4 cm³/mol. The summed E-state index contributed by atoms with van der Waals surface area (Å²) in [6, 6.07) is 24.6. The van der Waals surface area contributed by atoms with Gasteiger partial charge in [0.2, 0.25) is 0 Å². The summed E-state index contributed by atoms with van der Waals surface area (Å²) in [5, 5.41) is 0. The van der Waals surface area contributed by atoms with Crippen molar-refractivity contribution in [1.82, 2.24) is 9.38 Å². The second-order valence-electron chi connectivity index (χ2n) is 5.70. The lowest BCUT2D eigenvalue weighted by atomic mass is 10.0. The molecule has 2 aromatic carbocycles. The highest BCUT2D eigenvalue weighted by atomic mass is 16.5. The Hall–Kier alpha value is -3.07. The maximum atomic E-state index is 5.55. The topological polar surface area (TPSA) is 26.5 Å². The Morgan fingerprint density at radius 3 is 2.46 bits per heavy atom. The van der Waals surface area contributed by atoms with E-state index >= 15 is 0 Å². The second kappa shape index (κ2) is 6.20. The van der Waals surface area contributed by atoms with Crippen LogP contribution < -0.4 is 4.74 Å². The van der Waals surface area contributed by atoms with Crippen LogP contribution in [0.4, 0.5) is 0 Å². The molecule has 2 aromatic heterocycles. The first-order valence-electron chi connectivity index (χ1n) is 8.00. The van der Waals surface area contributed by atoms with Crippen molar-refractivity contribution in [1.29, 1.82) is 0 Å². The number of fused-ring (bicyclic) bond motifs is 1. The molecule has 0 N–H and O–H groups in total. The fraction of sp³-hybridized carbons (Fsp3) is 0.0952. The van der Waals surface area contributed by atoms with E-state index in [0.29, 0.717) is 0 Å². The second-order valence-corrected chi connectivity index (χ2v) is 5.70. The van der Waals surface area contributed by atoms with Gasteiger partial charge < -0.3 is 9.14 Å². The predicted octanol–water partition coefficient (Wildman–Crippen LogP) is 4.60. The zero-order valence-corrected chi connectivity index (χ0v) is 13.5. The first kappa shape index (κ1) is 14.5. The molecule has 0 saturated heterocycles. The number of benzene rings is 2. The lowest BCUT2D eigenvalue weighted by Crippen LogP contribution is -1.97. The highest BCUT2D eigenvalue weighted by molar-refractivity contribution is 5.72. The molecule has 118 valence electrons. The van der Waals surface area contributed by atoms with E-state index in [9.17, 15) is 0 Å². The van der Waals surface area contributed by atoms with Crippen LogP contribution in [0.25, 0.3) is 16.9 Å². The van der Waals surface area contributed by atoms with Crippen molar-refractivity contribution < 1.29 is 4.74 Å². The van der Waals surface area contributed by atoms with Gasteiger partial charge in [0.15, 0.2) is 0 Å². The largest absolute Gasteiger partial charge is 0.496 e. The van der Waals surface area contributed by atoms with Crippen LogP contribution in [0.2, 0.25) is 0 Å². The van der Waals surface area contributed by atoms with E-state index in [1.165, 1.54) is 11.3 Å². The average Bonchev–Trinajstić information content (AvgIpc) is 3.01. The third-order valence-corrected chi connectivity index (χ3v) is 4.21. The monoisotopic (exact) mass is 314 g/mol. The van der Waals surface area contributed by atoms with E-state index in [4.69, 9.17) is 9.72 Å². The molecule has 2 heterocycles. The summed E-state index contributed by atoms with van der Waals surface area (Å²) in [6.07, 6.45) is 2.89. The molecule has 4 aromatic rings. The van der Waals surface area contributed by atoms with E-state index < -0.39 is 0 Å². The van der Waals surface area contributed by atoms with Crippen LogP contribution in [0.3, 0.4) is 0 Å². The number of rotatable bonds is 4. The summed E-state index contributed by atoms with van der Waals surface area (Å²) in [7, 11) is 1.70. The number of hydrogen-bond donors (Lipinski definition) is 0. The summed E-state index contributed by atoms with van der Waals surface area (Å²) >= 11 is 0. The van der Waals surface area contributed by atoms with Crippen LogP contribution >= 0.6 is 0 Å². The number of methoxy groups -OCH3 is 1. The van der Waals surface area contributed by atoms with Crippen LogP contribution in [-0.2, 0) is 6.42 Å². The Bertz CT molecular complexity index is 973. The van der Waals surface area contributed by atoms with E-state index in [2.05, 4.69) is 40.9 Å². The Labute approximate surface area is 141 Å². The number of imidazole rings is 1. The lowest BCUT2D eigenvalue weighted by Gasteiger charge is -2.09. The van der Waals surface area contributed by atoms with Gasteiger partial charge in [0.05, 0.1) is 18.5 Å². The molecule has 0 bridgehead atoms. The van der Waals surface area contributed by atoms with Crippen LogP contribution in [-0.4, -0.2) is 16.5 Å². The molecular formula is C21H18N2O. The fourth-order valence-corrected chi connectivity index (χ4v) is 3.06. The minimum absolute atomic E-state index is 0.819. The number of pyridine rings is 1. The van der Waals surface area contributed by atoms with Gasteiger partial charge in [-0.2, -0.15) is 0 Å². The normalized spacial score (nSPS) is 10.9. The van der Waals surface area contributed by atoms with Gasteiger partial charge in [-0.1, -0.05) is 48.5 Å². The molecule has 0 aliphatic carbocycles. The van der Waals surface area contributed by atoms with Crippen molar-refractivity contribution in [3.05, 3.63) is 90.3 Å². The van der Waals surface area contributed by atoms with E-state index in [-0.39, 0.29) is 0 Å². The van der Waals surface area contributed by atoms with Gasteiger partial charge in [-0.05, 0) is 29.8 Å². The molecule has 3 heteroatoms. The minimum Gasteiger partial charge on any atom is -0.496 e. The van der Waals surface area contributed by atoms with E-state index in [1.807, 2.05) is 42.5 Å². The smallest absolute Gasteiger partial charge is 0.137 e. The van der Waals surface area contributed by atoms with Gasteiger partial charge in [-0.25, -0.2) is 4.98 Å². The van der Waals surface area contributed by atoms with Gasteiger partial charge in [0.25, 0.3) is 0 Å². The Kier molecular flexibility index (Phi) is 3.75. The molecule has 0 radical (unpaired) electrons. The first-order valence-corrected chi connectivity index (χ1v) is 8.00. The van der Waals surface area contributed by atoms with E-state index in [1.54, 1.807) is 7.11 Å². The fourth-order valence-electron chi connectivity index (χ4n) is 3.06. The number of para-hydroxylation sites is 1. The third kappa shape index (κ3) is 2.54. The Balaban J connectivity index is 1.93. The molecule has 4 rings (SSSR count). The summed E-state index contributed by atoms with van der Waals surface area (Å²) < 4.78 is 7.71. The summed E-state index contributed by atoms with van der Waals surface area (Å²) in [5.74, 6) is 0.843. The Morgan fingerprint density at radius 1 is 0.875 bits per heavy atom. The highest BCUT2D eigenvalue weighted by Gasteiger charge is 2.17. The van der Waals surface area contributed by atoms with Crippen LogP contribution in [0.1, 0.15) is 11.3 Å². The molecular weight excluding hydrogens is 296 g/mol.